The molecule has 264 valence electrons. The summed E-state index contributed by atoms with van der Waals surface area (Å²) in [5, 5.41) is 31.8. The molecule has 0 bridgehead atoms. The van der Waals surface area contributed by atoms with E-state index in [1.165, 1.54) is 0 Å². The molecule has 2 aromatic carbocycles. The Morgan fingerprint density at radius 1 is 0.776 bits per heavy atom. The van der Waals surface area contributed by atoms with E-state index in [1.807, 2.05) is 30.3 Å². The van der Waals surface area contributed by atoms with Gasteiger partial charge in [0, 0.05) is 33.9 Å². The maximum absolute atomic E-state index is 12.5. The van der Waals surface area contributed by atoms with Crippen LogP contribution in [0, 0.1) is 0 Å². The molecular weight excluding hydrogens is 756 g/mol. The summed E-state index contributed by atoms with van der Waals surface area (Å²) in [6.45, 7) is 0. The summed E-state index contributed by atoms with van der Waals surface area (Å²) in [5.74, 6) is 0.829. The third-order valence-electron chi connectivity index (χ3n) is 10.1. The number of halogens is 2. The number of aliphatic hydroxyl groups is 2. The predicted octanol–water partition coefficient (Wildman–Crippen LogP) is 6.39. The molecule has 3 heterocycles. The third-order valence-corrected chi connectivity index (χ3v) is 11.1. The second-order valence-electron chi connectivity index (χ2n) is 13.8. The molecule has 11 nitrogen and oxygen atoms in total. The number of benzene rings is 2. The number of aromatic nitrogens is 2. The first-order valence-corrected chi connectivity index (χ1v) is 19.2. The molecular formula is C36H46Br2N6O5. The molecule has 0 spiro atoms. The second kappa shape index (κ2) is 16.3. The topological polar surface area (TPSA) is 158 Å². The van der Waals surface area contributed by atoms with Gasteiger partial charge in [0.25, 0.3) is 0 Å². The molecule has 13 heteroatoms. The molecule has 0 radical (unpaired) electrons. The van der Waals surface area contributed by atoms with Gasteiger partial charge < -0.3 is 36.0 Å². The van der Waals surface area contributed by atoms with E-state index in [4.69, 9.17) is 4.98 Å². The van der Waals surface area contributed by atoms with E-state index in [0.29, 0.717) is 31.0 Å². The standard InChI is InChI=1S/C18H24BrN3O3.C18H22BrN3O2/c19-11-4-9-14(20-12-5-7-13(23)8-6-12)16(10-11)22-18(25)15-2-1-3-17(24)21-15;19-11-4-9-16-15(10-11)21-18(14-2-1-3-17(24)20-14)22(16)12-5-7-13(23)8-6-12/h4,9-10,12-13,15,20,23H,1-3,5-8H2,(H,21,24)(H,22,25);4,9-10,12-14,23H,1-3,5-8H2,(H,20,24)/t12?,13?,15-;12?,13?,14-/m00/s1. The van der Waals surface area contributed by atoms with E-state index in [2.05, 4.69) is 63.8 Å². The first-order chi connectivity index (χ1) is 23.6. The molecule has 3 aromatic rings. The lowest BCUT2D eigenvalue weighted by Crippen LogP contribution is -2.46. The van der Waals surface area contributed by atoms with Crippen LogP contribution in [-0.2, 0) is 14.4 Å². The Kier molecular flexibility index (Phi) is 11.9. The second-order valence-corrected chi connectivity index (χ2v) is 15.6. The molecule has 2 saturated heterocycles. The zero-order valence-electron chi connectivity index (χ0n) is 27.6. The molecule has 2 aliphatic heterocycles. The fraction of sp³-hybridized carbons (Fsp3) is 0.556. The Labute approximate surface area is 303 Å². The Bertz CT molecular complexity index is 1650. The number of carbonyl (C=O) groups excluding carboxylic acids is 3. The monoisotopic (exact) mass is 800 g/mol. The summed E-state index contributed by atoms with van der Waals surface area (Å²) in [7, 11) is 0. The lowest BCUT2D eigenvalue weighted by atomic mass is 9.92. The molecule has 1 aromatic heterocycles. The van der Waals surface area contributed by atoms with Crippen LogP contribution in [0.5, 0.6) is 0 Å². The molecule has 2 aliphatic carbocycles. The third kappa shape index (κ3) is 9.22. The molecule has 6 N–H and O–H groups in total. The van der Waals surface area contributed by atoms with Crippen LogP contribution in [0.4, 0.5) is 11.4 Å². The number of rotatable bonds is 6. The van der Waals surface area contributed by atoms with Crippen LogP contribution >= 0.6 is 31.9 Å². The first kappa shape index (κ1) is 35.8. The van der Waals surface area contributed by atoms with Gasteiger partial charge in [0.05, 0.1) is 40.7 Å². The number of imidazole rings is 1. The predicted molar refractivity (Wildman–Crippen MR) is 196 cm³/mol. The number of hydrogen-bond acceptors (Lipinski definition) is 7. The number of nitrogens with zero attached hydrogens (tertiary/aromatic N) is 2. The van der Waals surface area contributed by atoms with Crippen molar-refractivity contribution in [2.75, 3.05) is 10.6 Å². The number of hydrogen-bond donors (Lipinski definition) is 6. The van der Waals surface area contributed by atoms with Crippen LogP contribution in [0.3, 0.4) is 0 Å². The van der Waals surface area contributed by atoms with Crippen molar-refractivity contribution in [1.29, 1.82) is 0 Å². The van der Waals surface area contributed by atoms with Gasteiger partial charge in [0.2, 0.25) is 17.7 Å². The van der Waals surface area contributed by atoms with Gasteiger partial charge in [-0.15, -0.1) is 0 Å². The summed E-state index contributed by atoms with van der Waals surface area (Å²) < 4.78 is 4.21. The fourth-order valence-corrected chi connectivity index (χ4v) is 8.15. The number of anilines is 2. The van der Waals surface area contributed by atoms with Gasteiger partial charge >= 0.3 is 0 Å². The van der Waals surface area contributed by atoms with Gasteiger partial charge in [-0.1, -0.05) is 31.9 Å². The molecule has 49 heavy (non-hydrogen) atoms. The number of nitrogens with one attached hydrogen (secondary N) is 4. The van der Waals surface area contributed by atoms with E-state index >= 15 is 0 Å². The molecule has 2 saturated carbocycles. The van der Waals surface area contributed by atoms with Crippen molar-refractivity contribution in [3.05, 3.63) is 51.2 Å². The van der Waals surface area contributed by atoms with Crippen LogP contribution in [0.15, 0.2) is 45.3 Å². The average Bonchev–Trinajstić information content (AvgIpc) is 3.46. The van der Waals surface area contributed by atoms with Crippen molar-refractivity contribution in [3.8, 4) is 0 Å². The maximum atomic E-state index is 12.5. The van der Waals surface area contributed by atoms with Crippen LogP contribution in [0.1, 0.15) is 108 Å². The molecule has 7 rings (SSSR count). The Morgan fingerprint density at radius 2 is 1.41 bits per heavy atom. The largest absolute Gasteiger partial charge is 0.393 e. The van der Waals surface area contributed by atoms with E-state index in [1.54, 1.807) is 0 Å². The SMILES string of the molecule is O=C1CCC[C@@H](C(=O)Nc2cc(Br)ccc2NC2CCC(O)CC2)N1.O=C1CCC[C@@H](c2nc3cc(Br)ccc3n2C2CCC(O)CC2)N1. The van der Waals surface area contributed by atoms with Crippen molar-refractivity contribution < 1.29 is 24.6 Å². The number of carbonyl (C=O) groups is 3. The minimum atomic E-state index is -0.474. The average molecular weight is 803 g/mol. The highest BCUT2D eigenvalue weighted by molar-refractivity contribution is 9.10. The summed E-state index contributed by atoms with van der Waals surface area (Å²) in [6, 6.07) is 12.1. The minimum Gasteiger partial charge on any atom is -0.393 e. The van der Waals surface area contributed by atoms with Gasteiger partial charge in [0.1, 0.15) is 11.9 Å². The summed E-state index contributed by atoms with van der Waals surface area (Å²) >= 11 is 6.97. The number of fused-ring (bicyclic) bond motifs is 1. The van der Waals surface area contributed by atoms with Gasteiger partial charge in [-0.25, -0.2) is 4.98 Å². The summed E-state index contributed by atoms with van der Waals surface area (Å²) in [6.07, 6.45) is 10.9. The lowest BCUT2D eigenvalue weighted by molar-refractivity contribution is -0.128. The van der Waals surface area contributed by atoms with Crippen molar-refractivity contribution in [3.63, 3.8) is 0 Å². The molecule has 4 fully saturated rings. The Hall–Kier alpha value is -3.00. The highest BCUT2D eigenvalue weighted by atomic mass is 79.9. The van der Waals surface area contributed by atoms with Gasteiger partial charge in [-0.05, 0) is 113 Å². The van der Waals surface area contributed by atoms with Crippen molar-refractivity contribution in [1.82, 2.24) is 20.2 Å². The van der Waals surface area contributed by atoms with Gasteiger partial charge in [-0.3, -0.25) is 14.4 Å². The molecule has 0 unspecified atom stereocenters. The fourth-order valence-electron chi connectivity index (χ4n) is 7.44. The first-order valence-electron chi connectivity index (χ1n) is 17.6. The van der Waals surface area contributed by atoms with Crippen molar-refractivity contribution >= 4 is 72.0 Å². The number of piperidine rings is 2. The number of amides is 3. The Morgan fingerprint density at radius 3 is 2.10 bits per heavy atom. The van der Waals surface area contributed by atoms with Crippen molar-refractivity contribution in [2.24, 2.45) is 0 Å². The molecule has 3 amide bonds. The van der Waals surface area contributed by atoms with Crippen LogP contribution in [0.2, 0.25) is 0 Å². The van der Waals surface area contributed by atoms with Crippen molar-refractivity contribution in [2.45, 2.75) is 126 Å². The normalized spacial score (nSPS) is 27.3. The zero-order chi connectivity index (χ0) is 34.5. The summed E-state index contributed by atoms with van der Waals surface area (Å²) in [4.78, 5) is 40.8. The molecule has 2 atom stereocenters. The quantitative estimate of drug-likeness (QED) is 0.169. The van der Waals surface area contributed by atoms with E-state index < -0.39 is 6.04 Å². The lowest BCUT2D eigenvalue weighted by Gasteiger charge is -2.31. The maximum Gasteiger partial charge on any atom is 0.247 e. The zero-order valence-corrected chi connectivity index (χ0v) is 30.8. The highest BCUT2D eigenvalue weighted by Crippen LogP contribution is 2.37. The smallest absolute Gasteiger partial charge is 0.247 e. The van der Waals surface area contributed by atoms with E-state index in [9.17, 15) is 24.6 Å². The summed E-state index contributed by atoms with van der Waals surface area (Å²) in [5.41, 5.74) is 3.64. The highest BCUT2D eigenvalue weighted by Gasteiger charge is 2.30. The van der Waals surface area contributed by atoms with E-state index in [0.717, 1.165) is 102 Å². The molecule has 4 aliphatic rings. The minimum absolute atomic E-state index is 0.00993. The van der Waals surface area contributed by atoms with Gasteiger partial charge in [-0.2, -0.15) is 0 Å². The van der Waals surface area contributed by atoms with Crippen LogP contribution < -0.4 is 21.3 Å². The van der Waals surface area contributed by atoms with Gasteiger partial charge in [0.15, 0.2) is 0 Å². The van der Waals surface area contributed by atoms with Crippen LogP contribution in [0.25, 0.3) is 11.0 Å². The van der Waals surface area contributed by atoms with Crippen LogP contribution in [-0.4, -0.2) is 61.8 Å². The van der Waals surface area contributed by atoms with E-state index in [-0.39, 0.29) is 42.0 Å². The Balaban J connectivity index is 0.000000170. The number of aliphatic hydroxyl groups excluding tert-OH is 2.